The largest absolute Gasteiger partial charge is 0.493 e. The van der Waals surface area contributed by atoms with Gasteiger partial charge in [0, 0.05) is 31.8 Å². The third-order valence-corrected chi connectivity index (χ3v) is 4.43. The predicted molar refractivity (Wildman–Crippen MR) is 79.0 cm³/mol. The molecule has 1 aliphatic heterocycles. The molecule has 1 fully saturated rings. The van der Waals surface area contributed by atoms with E-state index in [0.29, 0.717) is 18.2 Å². The topological polar surface area (TPSA) is 84.5 Å². The third-order valence-electron chi connectivity index (χ3n) is 3.30. The summed E-state index contributed by atoms with van der Waals surface area (Å²) in [5, 5.41) is 6.01. The van der Waals surface area contributed by atoms with Crippen molar-refractivity contribution in [3.63, 3.8) is 0 Å². The molecule has 1 saturated heterocycles. The summed E-state index contributed by atoms with van der Waals surface area (Å²) in [5.74, 6) is 1.06. The number of benzene rings is 1. The number of rotatable bonds is 7. The molecule has 1 aromatic carbocycles. The minimum atomic E-state index is -3.19. The molecule has 0 atom stereocenters. The molecule has 21 heavy (non-hydrogen) atoms. The highest BCUT2D eigenvalue weighted by atomic mass is 32.2. The second kappa shape index (κ2) is 6.91. The van der Waals surface area contributed by atoms with Crippen LogP contribution >= 0.6 is 0 Å². The zero-order valence-corrected chi connectivity index (χ0v) is 12.8. The number of hydrogen-bond acceptors (Lipinski definition) is 5. The van der Waals surface area contributed by atoms with E-state index in [1.807, 2.05) is 0 Å². The smallest absolute Gasteiger partial charge is 0.223 e. The molecule has 2 N–H and O–H groups in total. The average molecular weight is 312 g/mol. The first-order valence-corrected chi connectivity index (χ1v) is 8.74. The van der Waals surface area contributed by atoms with E-state index in [1.54, 1.807) is 12.1 Å². The summed E-state index contributed by atoms with van der Waals surface area (Å²) >= 11 is 0. The molecule has 1 heterocycles. The summed E-state index contributed by atoms with van der Waals surface area (Å²) in [6.45, 7) is 2.90. The zero-order valence-electron chi connectivity index (χ0n) is 12.0. The molecule has 0 saturated carbocycles. The van der Waals surface area contributed by atoms with E-state index in [1.165, 1.54) is 12.1 Å². The number of amides is 1. The van der Waals surface area contributed by atoms with Crippen LogP contribution in [0.3, 0.4) is 0 Å². The van der Waals surface area contributed by atoms with Gasteiger partial charge in [-0.05, 0) is 24.3 Å². The van der Waals surface area contributed by atoms with Crippen molar-refractivity contribution in [2.75, 3.05) is 32.5 Å². The highest BCUT2D eigenvalue weighted by molar-refractivity contribution is 7.90. The standard InChI is InChI=1S/C14H20N2O4S/c1-21(18,19)13-4-2-12(3-5-13)20-7-6-14(17)16-10-11-8-15-9-11/h2-5,11,15H,6-10H2,1H3,(H,16,17). The Morgan fingerprint density at radius 1 is 1.33 bits per heavy atom. The lowest BCUT2D eigenvalue weighted by atomic mass is 10.0. The molecule has 2 rings (SSSR count). The zero-order chi connectivity index (χ0) is 15.3. The van der Waals surface area contributed by atoms with Crippen molar-refractivity contribution >= 4 is 15.7 Å². The van der Waals surface area contributed by atoms with Crippen LogP contribution in [0, 0.1) is 5.92 Å². The van der Waals surface area contributed by atoms with Gasteiger partial charge in [0.2, 0.25) is 5.91 Å². The fourth-order valence-electron chi connectivity index (χ4n) is 1.88. The molecule has 0 spiro atoms. The Kier molecular flexibility index (Phi) is 5.19. The average Bonchev–Trinajstić information content (AvgIpc) is 2.36. The van der Waals surface area contributed by atoms with Gasteiger partial charge in [0.1, 0.15) is 5.75 Å². The van der Waals surface area contributed by atoms with Gasteiger partial charge in [-0.1, -0.05) is 0 Å². The van der Waals surface area contributed by atoms with E-state index in [0.717, 1.165) is 19.3 Å². The summed E-state index contributed by atoms with van der Waals surface area (Å²) in [7, 11) is -3.19. The van der Waals surface area contributed by atoms with Crippen LogP contribution in [0.2, 0.25) is 0 Å². The Bertz CT molecular complexity index is 579. The van der Waals surface area contributed by atoms with Crippen molar-refractivity contribution < 1.29 is 17.9 Å². The Morgan fingerprint density at radius 2 is 2.00 bits per heavy atom. The molecule has 1 aromatic rings. The number of carbonyl (C=O) groups is 1. The monoisotopic (exact) mass is 312 g/mol. The first kappa shape index (κ1) is 15.8. The summed E-state index contributed by atoms with van der Waals surface area (Å²) in [4.78, 5) is 11.8. The second-order valence-electron chi connectivity index (χ2n) is 5.17. The van der Waals surface area contributed by atoms with Crippen LogP contribution < -0.4 is 15.4 Å². The van der Waals surface area contributed by atoms with Crippen molar-refractivity contribution in [2.45, 2.75) is 11.3 Å². The second-order valence-corrected chi connectivity index (χ2v) is 7.19. The molecular weight excluding hydrogens is 292 g/mol. The van der Waals surface area contributed by atoms with Crippen molar-refractivity contribution in [2.24, 2.45) is 5.92 Å². The van der Waals surface area contributed by atoms with E-state index in [2.05, 4.69) is 10.6 Å². The summed E-state index contributed by atoms with van der Waals surface area (Å²) < 4.78 is 28.0. The molecule has 6 nitrogen and oxygen atoms in total. The molecule has 0 aliphatic carbocycles. The predicted octanol–water partition coefficient (Wildman–Crippen LogP) is 0.195. The normalized spacial score (nSPS) is 15.3. The van der Waals surface area contributed by atoms with Gasteiger partial charge >= 0.3 is 0 Å². The maximum atomic E-state index is 11.6. The lowest BCUT2D eigenvalue weighted by Gasteiger charge is -2.27. The number of ether oxygens (including phenoxy) is 1. The third kappa shape index (κ3) is 5.02. The summed E-state index contributed by atoms with van der Waals surface area (Å²) in [5.41, 5.74) is 0. The quantitative estimate of drug-likeness (QED) is 0.751. The maximum Gasteiger partial charge on any atom is 0.223 e. The van der Waals surface area contributed by atoms with E-state index in [9.17, 15) is 13.2 Å². The highest BCUT2D eigenvalue weighted by Gasteiger charge is 2.16. The van der Waals surface area contributed by atoms with E-state index in [4.69, 9.17) is 4.74 Å². The Hall–Kier alpha value is -1.60. The minimum absolute atomic E-state index is 0.0327. The van der Waals surface area contributed by atoms with Crippen molar-refractivity contribution in [1.82, 2.24) is 10.6 Å². The first-order chi connectivity index (χ1) is 9.95. The molecule has 0 bridgehead atoms. The molecule has 1 aliphatic rings. The molecule has 116 valence electrons. The Balaban J connectivity index is 1.69. The number of carbonyl (C=O) groups excluding carboxylic acids is 1. The van der Waals surface area contributed by atoms with Crippen LogP contribution in [0.25, 0.3) is 0 Å². The number of hydrogen-bond donors (Lipinski definition) is 2. The van der Waals surface area contributed by atoms with E-state index < -0.39 is 9.84 Å². The minimum Gasteiger partial charge on any atom is -0.493 e. The maximum absolute atomic E-state index is 11.6. The molecule has 1 amide bonds. The fourth-order valence-corrected chi connectivity index (χ4v) is 2.51. The number of nitrogens with one attached hydrogen (secondary N) is 2. The summed E-state index contributed by atoms with van der Waals surface area (Å²) in [6.07, 6.45) is 1.44. The molecule has 0 radical (unpaired) electrons. The lowest BCUT2D eigenvalue weighted by molar-refractivity contribution is -0.121. The molecular formula is C14H20N2O4S. The van der Waals surface area contributed by atoms with E-state index in [-0.39, 0.29) is 23.8 Å². The van der Waals surface area contributed by atoms with E-state index >= 15 is 0 Å². The van der Waals surface area contributed by atoms with Gasteiger partial charge in [-0.2, -0.15) is 0 Å². The van der Waals surface area contributed by atoms with Gasteiger partial charge in [-0.3, -0.25) is 4.79 Å². The van der Waals surface area contributed by atoms with Gasteiger partial charge in [0.15, 0.2) is 9.84 Å². The van der Waals surface area contributed by atoms with Gasteiger partial charge in [0.25, 0.3) is 0 Å². The van der Waals surface area contributed by atoms with Crippen LogP contribution in [-0.2, 0) is 14.6 Å². The highest BCUT2D eigenvalue weighted by Crippen LogP contribution is 2.15. The molecule has 0 aromatic heterocycles. The van der Waals surface area contributed by atoms with Gasteiger partial charge in [0.05, 0.1) is 17.9 Å². The van der Waals surface area contributed by atoms with Crippen LogP contribution in [0.1, 0.15) is 6.42 Å². The van der Waals surface area contributed by atoms with Crippen molar-refractivity contribution in [3.05, 3.63) is 24.3 Å². The van der Waals surface area contributed by atoms with Crippen molar-refractivity contribution in [3.8, 4) is 5.75 Å². The fraction of sp³-hybridized carbons (Fsp3) is 0.500. The molecule has 0 unspecified atom stereocenters. The van der Waals surface area contributed by atoms with Crippen LogP contribution in [-0.4, -0.2) is 46.8 Å². The van der Waals surface area contributed by atoms with Crippen molar-refractivity contribution in [1.29, 1.82) is 0 Å². The van der Waals surface area contributed by atoms with Gasteiger partial charge in [-0.15, -0.1) is 0 Å². The lowest BCUT2D eigenvalue weighted by Crippen LogP contribution is -2.48. The van der Waals surface area contributed by atoms with Crippen LogP contribution in [0.5, 0.6) is 5.75 Å². The van der Waals surface area contributed by atoms with Crippen LogP contribution in [0.4, 0.5) is 0 Å². The Labute approximate surface area is 124 Å². The van der Waals surface area contributed by atoms with Gasteiger partial charge in [-0.25, -0.2) is 8.42 Å². The molecule has 7 heteroatoms. The Morgan fingerprint density at radius 3 is 2.52 bits per heavy atom. The SMILES string of the molecule is CS(=O)(=O)c1ccc(OCCC(=O)NCC2CNC2)cc1. The summed E-state index contributed by atoms with van der Waals surface area (Å²) in [6, 6.07) is 6.17. The van der Waals surface area contributed by atoms with Gasteiger partial charge < -0.3 is 15.4 Å². The first-order valence-electron chi connectivity index (χ1n) is 6.85. The number of sulfone groups is 1. The van der Waals surface area contributed by atoms with Crippen LogP contribution in [0.15, 0.2) is 29.2 Å².